The van der Waals surface area contributed by atoms with Crippen molar-refractivity contribution in [2.75, 3.05) is 13.7 Å². The van der Waals surface area contributed by atoms with Crippen molar-refractivity contribution in [1.29, 1.82) is 0 Å². The van der Waals surface area contributed by atoms with Crippen LogP contribution in [0.3, 0.4) is 0 Å². The highest BCUT2D eigenvalue weighted by atomic mass is 79.9. The molecule has 0 heterocycles. The number of halogens is 2. The molecule has 0 spiro atoms. The van der Waals surface area contributed by atoms with Gasteiger partial charge in [-0.3, -0.25) is 0 Å². The van der Waals surface area contributed by atoms with Crippen LogP contribution >= 0.6 is 26.6 Å². The number of hydrogen-bond donors (Lipinski definition) is 0. The fourth-order valence-corrected chi connectivity index (χ4v) is 2.37. The van der Waals surface area contributed by atoms with Gasteiger partial charge < -0.3 is 9.47 Å². The van der Waals surface area contributed by atoms with Gasteiger partial charge in [-0.05, 0) is 34.1 Å². The molecule has 0 atom stereocenters. The third kappa shape index (κ3) is 4.18. The molecule has 0 N–H and O–H groups in total. The zero-order chi connectivity index (χ0) is 13.1. The summed E-state index contributed by atoms with van der Waals surface area (Å²) in [4.78, 5) is 10.8. The minimum absolute atomic E-state index is 0.0588. The van der Waals surface area contributed by atoms with Crippen molar-refractivity contribution >= 4 is 41.6 Å². The van der Waals surface area contributed by atoms with Gasteiger partial charge >= 0.3 is 5.97 Å². The summed E-state index contributed by atoms with van der Waals surface area (Å²) in [5.74, 6) is -0.217. The highest BCUT2D eigenvalue weighted by Gasteiger charge is 2.13. The maximum Gasteiger partial charge on any atom is 0.343 e. The van der Waals surface area contributed by atoms with Crippen LogP contribution in [0, 0.1) is 0 Å². The second-order valence-electron chi connectivity index (χ2n) is 2.89. The molecule has 0 aliphatic carbocycles. The first-order chi connectivity index (χ1) is 7.84. The number of ether oxygens (including phenoxy) is 2. The average molecular weight is 344 g/mol. The van der Waals surface area contributed by atoms with Crippen molar-refractivity contribution in [2.45, 2.75) is 4.90 Å². The Labute approximate surface area is 111 Å². The first-order valence-corrected chi connectivity index (χ1v) is 7.38. The van der Waals surface area contributed by atoms with E-state index in [1.807, 2.05) is 0 Å². The summed E-state index contributed by atoms with van der Waals surface area (Å²) in [5.41, 5.74) is 0. The molecule has 94 valence electrons. The number of esters is 1. The Bertz CT molecular complexity index is 528. The number of benzene rings is 1. The van der Waals surface area contributed by atoms with Gasteiger partial charge in [0.25, 0.3) is 9.05 Å². The van der Waals surface area contributed by atoms with Crippen LogP contribution in [0.15, 0.2) is 27.6 Å². The van der Waals surface area contributed by atoms with E-state index in [0.717, 1.165) is 0 Å². The van der Waals surface area contributed by atoms with Gasteiger partial charge in [0, 0.05) is 10.7 Å². The van der Waals surface area contributed by atoms with Crippen LogP contribution < -0.4 is 4.74 Å². The molecule has 0 radical (unpaired) electrons. The first-order valence-electron chi connectivity index (χ1n) is 4.28. The van der Waals surface area contributed by atoms with Crippen molar-refractivity contribution in [3.63, 3.8) is 0 Å². The molecular weight excluding hydrogens is 336 g/mol. The lowest BCUT2D eigenvalue weighted by molar-refractivity contribution is -0.142. The molecule has 0 fully saturated rings. The number of methoxy groups -OCH3 is 1. The van der Waals surface area contributed by atoms with Gasteiger partial charge in [-0.25, -0.2) is 13.2 Å². The van der Waals surface area contributed by atoms with Crippen molar-refractivity contribution in [3.05, 3.63) is 22.7 Å². The molecule has 0 aliphatic rings. The largest absolute Gasteiger partial charge is 0.481 e. The van der Waals surface area contributed by atoms with E-state index in [1.54, 1.807) is 0 Å². The molecule has 0 aliphatic heterocycles. The van der Waals surface area contributed by atoms with E-state index in [1.165, 1.54) is 25.3 Å². The summed E-state index contributed by atoms with van der Waals surface area (Å²) in [6.07, 6.45) is 0. The van der Waals surface area contributed by atoms with Crippen LogP contribution in [0.2, 0.25) is 0 Å². The van der Waals surface area contributed by atoms with Crippen LogP contribution in [-0.4, -0.2) is 28.1 Å². The van der Waals surface area contributed by atoms with Gasteiger partial charge in [-0.15, -0.1) is 0 Å². The predicted octanol–water partition coefficient (Wildman–Crippen LogP) is 1.93. The highest BCUT2D eigenvalue weighted by Crippen LogP contribution is 2.29. The molecule has 0 saturated heterocycles. The molecule has 0 amide bonds. The van der Waals surface area contributed by atoms with Crippen molar-refractivity contribution in [3.8, 4) is 5.75 Å². The zero-order valence-corrected chi connectivity index (χ0v) is 11.8. The zero-order valence-electron chi connectivity index (χ0n) is 8.64. The van der Waals surface area contributed by atoms with Gasteiger partial charge in [0.15, 0.2) is 6.61 Å². The van der Waals surface area contributed by atoms with E-state index in [4.69, 9.17) is 15.4 Å². The maximum absolute atomic E-state index is 11.0. The lowest BCUT2D eigenvalue weighted by Crippen LogP contribution is -2.12. The molecule has 0 unspecified atom stereocenters. The SMILES string of the molecule is COC(=O)COc1ccc(S(=O)(=O)Cl)cc1Br. The highest BCUT2D eigenvalue weighted by molar-refractivity contribution is 9.10. The smallest absolute Gasteiger partial charge is 0.343 e. The summed E-state index contributed by atoms with van der Waals surface area (Å²) in [6.45, 7) is -0.262. The lowest BCUT2D eigenvalue weighted by Gasteiger charge is -2.07. The second kappa shape index (κ2) is 5.70. The van der Waals surface area contributed by atoms with Crippen LogP contribution in [0.1, 0.15) is 0 Å². The number of carbonyl (C=O) groups excluding carboxylic acids is 1. The molecule has 0 aromatic heterocycles. The Hall–Kier alpha value is -0.790. The van der Waals surface area contributed by atoms with Crippen LogP contribution in [0.4, 0.5) is 0 Å². The normalized spacial score (nSPS) is 11.0. The van der Waals surface area contributed by atoms with Crippen LogP contribution in [0.5, 0.6) is 5.75 Å². The van der Waals surface area contributed by atoms with Gasteiger partial charge in [0.05, 0.1) is 16.5 Å². The van der Waals surface area contributed by atoms with E-state index in [9.17, 15) is 13.2 Å². The third-order valence-corrected chi connectivity index (χ3v) is 3.73. The predicted molar refractivity (Wildman–Crippen MR) is 64.7 cm³/mol. The molecular formula is C9H8BrClO5S. The minimum Gasteiger partial charge on any atom is -0.481 e. The van der Waals surface area contributed by atoms with Gasteiger partial charge in [-0.1, -0.05) is 0 Å². The van der Waals surface area contributed by atoms with E-state index in [-0.39, 0.29) is 11.5 Å². The minimum atomic E-state index is -3.78. The molecule has 5 nitrogen and oxygen atoms in total. The fourth-order valence-electron chi connectivity index (χ4n) is 0.946. The summed E-state index contributed by atoms with van der Waals surface area (Å²) >= 11 is 3.11. The lowest BCUT2D eigenvalue weighted by atomic mass is 10.3. The van der Waals surface area contributed by atoms with Crippen molar-refractivity contribution in [2.24, 2.45) is 0 Å². The second-order valence-corrected chi connectivity index (χ2v) is 6.32. The molecule has 0 bridgehead atoms. The van der Waals surface area contributed by atoms with Crippen molar-refractivity contribution < 1.29 is 22.7 Å². The quantitative estimate of drug-likeness (QED) is 0.617. The molecule has 17 heavy (non-hydrogen) atoms. The average Bonchev–Trinajstić information content (AvgIpc) is 2.25. The van der Waals surface area contributed by atoms with Gasteiger partial charge in [0.1, 0.15) is 5.75 Å². The standard InChI is InChI=1S/C9H8BrClO5S/c1-15-9(12)5-16-8-3-2-6(4-7(8)10)17(11,13)14/h2-4H,5H2,1H3. The first kappa shape index (κ1) is 14.3. The Morgan fingerprint density at radius 1 is 1.47 bits per heavy atom. The third-order valence-electron chi connectivity index (χ3n) is 1.76. The van der Waals surface area contributed by atoms with Crippen LogP contribution in [-0.2, 0) is 18.6 Å². The Balaban J connectivity index is 2.88. The molecule has 0 saturated carbocycles. The number of carbonyl (C=O) groups is 1. The van der Waals surface area contributed by atoms with E-state index in [2.05, 4.69) is 20.7 Å². The van der Waals surface area contributed by atoms with Crippen molar-refractivity contribution in [1.82, 2.24) is 0 Å². The Morgan fingerprint density at radius 2 is 2.12 bits per heavy atom. The maximum atomic E-state index is 11.0. The van der Waals surface area contributed by atoms with E-state index < -0.39 is 15.0 Å². The summed E-state index contributed by atoms with van der Waals surface area (Å²) < 4.78 is 31.9. The number of hydrogen-bond acceptors (Lipinski definition) is 5. The van der Waals surface area contributed by atoms with Crippen LogP contribution in [0.25, 0.3) is 0 Å². The summed E-state index contributed by atoms with van der Waals surface area (Å²) in [5, 5.41) is 0. The fraction of sp³-hybridized carbons (Fsp3) is 0.222. The van der Waals surface area contributed by atoms with E-state index >= 15 is 0 Å². The van der Waals surface area contributed by atoms with E-state index in [0.29, 0.717) is 10.2 Å². The molecule has 1 aromatic carbocycles. The van der Waals surface area contributed by atoms with Gasteiger partial charge in [0.2, 0.25) is 0 Å². The molecule has 1 rings (SSSR count). The topological polar surface area (TPSA) is 69.7 Å². The Kier molecular flexibility index (Phi) is 4.79. The summed E-state index contributed by atoms with van der Waals surface area (Å²) in [7, 11) is 2.63. The van der Waals surface area contributed by atoms with Gasteiger partial charge in [-0.2, -0.15) is 0 Å². The molecule has 1 aromatic rings. The monoisotopic (exact) mass is 342 g/mol. The summed E-state index contributed by atoms with van der Waals surface area (Å²) in [6, 6.07) is 3.96. The Morgan fingerprint density at radius 3 is 2.59 bits per heavy atom. The number of rotatable bonds is 4. The molecule has 8 heteroatoms.